The van der Waals surface area contributed by atoms with Crippen LogP contribution in [0.3, 0.4) is 0 Å². The number of nitrogens with zero attached hydrogens (tertiary/aromatic N) is 1. The van der Waals surface area contributed by atoms with Crippen LogP contribution < -0.4 is 11.5 Å². The van der Waals surface area contributed by atoms with Gasteiger partial charge in [-0.05, 0) is 24.5 Å². The van der Waals surface area contributed by atoms with Crippen LogP contribution in [0.15, 0.2) is 12.3 Å². The Morgan fingerprint density at radius 1 is 1.50 bits per heavy atom. The lowest BCUT2D eigenvalue weighted by Crippen LogP contribution is -2.19. The molecule has 3 nitrogen and oxygen atoms in total. The molecule has 0 atom stereocenters. The maximum Gasteiger partial charge on any atom is 0.142 e. The SMILES string of the molecule is Nc1ncc(C2(N)CC2)cc1Cl. The van der Waals surface area contributed by atoms with Crippen LogP contribution in [0.25, 0.3) is 0 Å². The molecule has 2 rings (SSSR count). The van der Waals surface area contributed by atoms with Crippen LogP contribution in [-0.4, -0.2) is 4.98 Å². The number of hydrogen-bond donors (Lipinski definition) is 2. The highest BCUT2D eigenvalue weighted by molar-refractivity contribution is 6.32. The Morgan fingerprint density at radius 3 is 2.67 bits per heavy atom. The van der Waals surface area contributed by atoms with Crippen LogP contribution >= 0.6 is 11.6 Å². The molecule has 0 saturated heterocycles. The molecule has 0 bridgehead atoms. The first kappa shape index (κ1) is 7.83. The molecule has 4 N–H and O–H groups in total. The van der Waals surface area contributed by atoms with E-state index in [1.807, 2.05) is 0 Å². The van der Waals surface area contributed by atoms with Gasteiger partial charge in [0.15, 0.2) is 0 Å². The molecule has 1 fully saturated rings. The Morgan fingerprint density at radius 2 is 2.17 bits per heavy atom. The molecule has 1 aliphatic rings. The monoisotopic (exact) mass is 183 g/mol. The van der Waals surface area contributed by atoms with E-state index in [4.69, 9.17) is 23.1 Å². The largest absolute Gasteiger partial charge is 0.382 e. The minimum Gasteiger partial charge on any atom is -0.382 e. The molecule has 4 heteroatoms. The summed E-state index contributed by atoms with van der Waals surface area (Å²) in [5.74, 6) is 0.365. The van der Waals surface area contributed by atoms with Gasteiger partial charge in [0.2, 0.25) is 0 Å². The third-order valence-electron chi connectivity index (χ3n) is 2.23. The zero-order valence-electron chi connectivity index (χ0n) is 6.55. The van der Waals surface area contributed by atoms with E-state index in [0.29, 0.717) is 10.8 Å². The van der Waals surface area contributed by atoms with Gasteiger partial charge in [-0.3, -0.25) is 0 Å². The van der Waals surface area contributed by atoms with Gasteiger partial charge in [0.05, 0.1) is 5.02 Å². The summed E-state index contributed by atoms with van der Waals surface area (Å²) in [7, 11) is 0. The first-order chi connectivity index (χ1) is 5.62. The van der Waals surface area contributed by atoms with Crippen molar-refractivity contribution in [2.24, 2.45) is 5.73 Å². The summed E-state index contributed by atoms with van der Waals surface area (Å²) in [6, 6.07) is 1.80. The van der Waals surface area contributed by atoms with Gasteiger partial charge in [0, 0.05) is 11.7 Å². The molecule has 0 aromatic carbocycles. The maximum atomic E-state index is 5.95. The number of anilines is 1. The van der Waals surface area contributed by atoms with Crippen molar-refractivity contribution in [2.75, 3.05) is 5.73 Å². The van der Waals surface area contributed by atoms with Crippen molar-refractivity contribution in [1.29, 1.82) is 0 Å². The molecule has 1 saturated carbocycles. The van der Waals surface area contributed by atoms with Crippen molar-refractivity contribution in [3.05, 3.63) is 22.8 Å². The van der Waals surface area contributed by atoms with Gasteiger partial charge >= 0.3 is 0 Å². The Labute approximate surface area is 75.7 Å². The van der Waals surface area contributed by atoms with Gasteiger partial charge in [-0.25, -0.2) is 4.98 Å². The maximum absolute atomic E-state index is 5.95. The Kier molecular flexibility index (Phi) is 1.53. The number of nitrogens with two attached hydrogens (primary N) is 2. The second-order valence-corrected chi connectivity index (χ2v) is 3.65. The number of aromatic nitrogens is 1. The summed E-state index contributed by atoms with van der Waals surface area (Å²) in [6.45, 7) is 0. The molecule has 0 unspecified atom stereocenters. The lowest BCUT2D eigenvalue weighted by molar-refractivity contribution is 0.735. The predicted molar refractivity (Wildman–Crippen MR) is 48.8 cm³/mol. The summed E-state index contributed by atoms with van der Waals surface area (Å²) < 4.78 is 0. The molecule has 0 amide bonds. The zero-order valence-corrected chi connectivity index (χ0v) is 7.30. The van der Waals surface area contributed by atoms with E-state index in [2.05, 4.69) is 4.98 Å². The highest BCUT2D eigenvalue weighted by atomic mass is 35.5. The van der Waals surface area contributed by atoms with Crippen molar-refractivity contribution in [3.8, 4) is 0 Å². The molecular formula is C8H10ClN3. The molecule has 0 radical (unpaired) electrons. The summed E-state index contributed by atoms with van der Waals surface area (Å²) in [4.78, 5) is 3.95. The van der Waals surface area contributed by atoms with Gasteiger partial charge in [-0.2, -0.15) is 0 Å². The Hall–Kier alpha value is -0.800. The smallest absolute Gasteiger partial charge is 0.142 e. The highest BCUT2D eigenvalue weighted by Gasteiger charge is 2.40. The van der Waals surface area contributed by atoms with Crippen molar-refractivity contribution in [2.45, 2.75) is 18.4 Å². The van der Waals surface area contributed by atoms with E-state index in [1.165, 1.54) is 0 Å². The fourth-order valence-corrected chi connectivity index (χ4v) is 1.31. The van der Waals surface area contributed by atoms with E-state index >= 15 is 0 Å². The number of pyridine rings is 1. The fraction of sp³-hybridized carbons (Fsp3) is 0.375. The fourth-order valence-electron chi connectivity index (χ4n) is 1.14. The van der Waals surface area contributed by atoms with Crippen LogP contribution in [-0.2, 0) is 5.54 Å². The lowest BCUT2D eigenvalue weighted by atomic mass is 10.1. The molecular weight excluding hydrogens is 174 g/mol. The summed E-state index contributed by atoms with van der Waals surface area (Å²) in [5, 5.41) is 0.490. The van der Waals surface area contributed by atoms with Gasteiger partial charge in [-0.15, -0.1) is 0 Å². The first-order valence-corrected chi connectivity index (χ1v) is 4.20. The molecule has 12 heavy (non-hydrogen) atoms. The van der Waals surface area contributed by atoms with Crippen LogP contribution in [0.4, 0.5) is 5.82 Å². The number of halogens is 1. The van der Waals surface area contributed by atoms with Crippen LogP contribution in [0.2, 0.25) is 5.02 Å². The highest BCUT2D eigenvalue weighted by Crippen LogP contribution is 2.43. The van der Waals surface area contributed by atoms with Crippen molar-refractivity contribution in [3.63, 3.8) is 0 Å². The van der Waals surface area contributed by atoms with E-state index in [9.17, 15) is 0 Å². The number of nitrogen functional groups attached to an aromatic ring is 1. The van der Waals surface area contributed by atoms with Crippen molar-refractivity contribution in [1.82, 2.24) is 4.98 Å². The number of rotatable bonds is 1. The van der Waals surface area contributed by atoms with Gasteiger partial charge in [-0.1, -0.05) is 11.6 Å². The first-order valence-electron chi connectivity index (χ1n) is 3.82. The van der Waals surface area contributed by atoms with Gasteiger partial charge in [0.1, 0.15) is 5.82 Å². The third-order valence-corrected chi connectivity index (χ3v) is 2.54. The van der Waals surface area contributed by atoms with Gasteiger partial charge in [0.25, 0.3) is 0 Å². The molecule has 1 aromatic rings. The van der Waals surface area contributed by atoms with E-state index < -0.39 is 0 Å². The molecule has 1 heterocycles. The van der Waals surface area contributed by atoms with Crippen LogP contribution in [0.5, 0.6) is 0 Å². The molecule has 1 aromatic heterocycles. The molecule has 0 aliphatic heterocycles. The minimum absolute atomic E-state index is 0.176. The average Bonchev–Trinajstić information content (AvgIpc) is 2.75. The zero-order chi connectivity index (χ0) is 8.77. The second-order valence-electron chi connectivity index (χ2n) is 3.25. The Balaban J connectivity index is 2.41. The second kappa shape index (κ2) is 2.34. The average molecular weight is 184 g/mol. The molecule has 0 spiro atoms. The van der Waals surface area contributed by atoms with E-state index in [0.717, 1.165) is 18.4 Å². The standard InChI is InChI=1S/C8H10ClN3/c9-6-3-5(4-12-7(6)10)8(11)1-2-8/h3-4H,1-2,11H2,(H2,10,12). The quantitative estimate of drug-likeness (QED) is 0.689. The summed E-state index contributed by atoms with van der Waals surface area (Å²) in [6.07, 6.45) is 3.72. The van der Waals surface area contributed by atoms with Crippen molar-refractivity contribution >= 4 is 17.4 Å². The lowest BCUT2D eigenvalue weighted by Gasteiger charge is -2.08. The van der Waals surface area contributed by atoms with E-state index in [-0.39, 0.29) is 5.54 Å². The summed E-state index contributed by atoms with van der Waals surface area (Å²) >= 11 is 5.80. The van der Waals surface area contributed by atoms with Crippen LogP contribution in [0, 0.1) is 0 Å². The molecule has 1 aliphatic carbocycles. The van der Waals surface area contributed by atoms with E-state index in [1.54, 1.807) is 12.3 Å². The topological polar surface area (TPSA) is 64.9 Å². The Bertz CT molecular complexity index is 320. The normalized spacial score (nSPS) is 19.2. The molecule has 64 valence electrons. The summed E-state index contributed by atoms with van der Waals surface area (Å²) in [5.41, 5.74) is 12.2. The predicted octanol–water partition coefficient (Wildman–Crippen LogP) is 1.26. The van der Waals surface area contributed by atoms with Crippen molar-refractivity contribution < 1.29 is 0 Å². The third kappa shape index (κ3) is 1.15. The minimum atomic E-state index is -0.176. The number of hydrogen-bond acceptors (Lipinski definition) is 3. The van der Waals surface area contributed by atoms with Gasteiger partial charge < -0.3 is 11.5 Å². The van der Waals surface area contributed by atoms with Crippen LogP contribution in [0.1, 0.15) is 18.4 Å².